The topological polar surface area (TPSA) is 9.23 Å². The predicted molar refractivity (Wildman–Crippen MR) is 42.4 cm³/mol. The van der Waals surface area contributed by atoms with E-state index in [1.54, 1.807) is 6.92 Å². The van der Waals surface area contributed by atoms with E-state index >= 15 is 0 Å². The van der Waals surface area contributed by atoms with Crippen molar-refractivity contribution in [1.82, 2.24) is 0 Å². The van der Waals surface area contributed by atoms with E-state index in [9.17, 15) is 13.2 Å². The lowest BCUT2D eigenvalue weighted by molar-refractivity contribution is -0.160. The van der Waals surface area contributed by atoms with Crippen molar-refractivity contribution in [3.63, 3.8) is 0 Å². The van der Waals surface area contributed by atoms with Crippen molar-refractivity contribution >= 4 is 0 Å². The van der Waals surface area contributed by atoms with Crippen molar-refractivity contribution in [2.75, 3.05) is 0 Å². The quantitative estimate of drug-likeness (QED) is 0.696. The van der Waals surface area contributed by atoms with Gasteiger partial charge in [-0.25, -0.2) is 4.39 Å². The van der Waals surface area contributed by atoms with Gasteiger partial charge in [0.2, 0.25) is 0 Å². The van der Waals surface area contributed by atoms with Crippen LogP contribution in [0.3, 0.4) is 0 Å². The number of hydrogen-bond acceptors (Lipinski definition) is 1. The number of aryl methyl sites for hydroxylation is 1. The van der Waals surface area contributed by atoms with Crippen LogP contribution in [0.4, 0.5) is 13.2 Å². The zero-order valence-corrected chi connectivity index (χ0v) is 7.27. The van der Waals surface area contributed by atoms with E-state index in [0.29, 0.717) is 12.5 Å². The highest BCUT2D eigenvalue weighted by Crippen LogP contribution is 2.24. The molecule has 0 bridgehead atoms. The van der Waals surface area contributed by atoms with Crippen LogP contribution in [0.2, 0.25) is 0 Å². The lowest BCUT2D eigenvalue weighted by Gasteiger charge is -2.13. The predicted octanol–water partition coefficient (Wildman–Crippen LogP) is 3.13. The maximum atomic E-state index is 12.8. The van der Waals surface area contributed by atoms with Crippen molar-refractivity contribution in [3.05, 3.63) is 29.6 Å². The number of rotatable bonds is 2. The molecule has 1 aromatic carbocycles. The van der Waals surface area contributed by atoms with Crippen LogP contribution < -0.4 is 4.74 Å². The van der Waals surface area contributed by atoms with E-state index < -0.39 is 17.7 Å². The van der Waals surface area contributed by atoms with Gasteiger partial charge in [-0.2, -0.15) is 8.78 Å². The molecule has 1 nitrogen and oxygen atoms in total. The van der Waals surface area contributed by atoms with Crippen LogP contribution in [-0.4, -0.2) is 6.11 Å². The van der Waals surface area contributed by atoms with Crippen LogP contribution in [0.25, 0.3) is 0 Å². The van der Waals surface area contributed by atoms with E-state index in [2.05, 4.69) is 4.74 Å². The molecule has 0 N–H and O–H groups in total. The molecule has 1 aromatic rings. The third-order valence-corrected chi connectivity index (χ3v) is 1.38. The number of alkyl halides is 2. The SMILES string of the molecule is Cc1ccc(F)c(OC(C)(F)F)c1. The van der Waals surface area contributed by atoms with Gasteiger partial charge in [0.05, 0.1) is 0 Å². The molecule has 0 amide bonds. The van der Waals surface area contributed by atoms with Gasteiger partial charge < -0.3 is 4.74 Å². The minimum atomic E-state index is -3.35. The van der Waals surface area contributed by atoms with Crippen LogP contribution in [0.1, 0.15) is 12.5 Å². The molecule has 0 saturated carbocycles. The maximum Gasteiger partial charge on any atom is 0.395 e. The molecule has 0 radical (unpaired) electrons. The zero-order chi connectivity index (χ0) is 10.1. The first-order valence-electron chi connectivity index (χ1n) is 3.71. The summed E-state index contributed by atoms with van der Waals surface area (Å²) in [6.45, 7) is 2.23. The Morgan fingerprint density at radius 3 is 2.46 bits per heavy atom. The van der Waals surface area contributed by atoms with Gasteiger partial charge >= 0.3 is 6.11 Å². The van der Waals surface area contributed by atoms with Crippen LogP contribution >= 0.6 is 0 Å². The van der Waals surface area contributed by atoms with Gasteiger partial charge in [-0.3, -0.25) is 0 Å². The molecule has 4 heteroatoms. The Morgan fingerprint density at radius 1 is 1.31 bits per heavy atom. The molecule has 0 aliphatic carbocycles. The molecule has 72 valence electrons. The Morgan fingerprint density at radius 2 is 1.92 bits per heavy atom. The molecular formula is C9H9F3O. The van der Waals surface area contributed by atoms with Gasteiger partial charge in [0.1, 0.15) is 0 Å². The van der Waals surface area contributed by atoms with Gasteiger partial charge in [0.25, 0.3) is 0 Å². The van der Waals surface area contributed by atoms with E-state index in [0.717, 1.165) is 6.07 Å². The van der Waals surface area contributed by atoms with E-state index in [-0.39, 0.29) is 0 Å². The van der Waals surface area contributed by atoms with E-state index in [4.69, 9.17) is 0 Å². The van der Waals surface area contributed by atoms with Gasteiger partial charge in [-0.05, 0) is 24.6 Å². The Bertz CT molecular complexity index is 304. The fourth-order valence-electron chi connectivity index (χ4n) is 0.882. The lowest BCUT2D eigenvalue weighted by atomic mass is 10.2. The maximum absolute atomic E-state index is 12.8. The summed E-state index contributed by atoms with van der Waals surface area (Å²) in [4.78, 5) is 0. The van der Waals surface area contributed by atoms with Gasteiger partial charge in [-0.1, -0.05) is 6.07 Å². The molecule has 0 aliphatic heterocycles. The second kappa shape index (κ2) is 3.28. The normalized spacial score (nSPS) is 11.5. The van der Waals surface area contributed by atoms with E-state index in [1.165, 1.54) is 12.1 Å². The molecule has 0 spiro atoms. The molecule has 0 saturated heterocycles. The van der Waals surface area contributed by atoms with Gasteiger partial charge in [0, 0.05) is 6.92 Å². The van der Waals surface area contributed by atoms with Gasteiger partial charge in [-0.15, -0.1) is 0 Å². The summed E-state index contributed by atoms with van der Waals surface area (Å²) >= 11 is 0. The van der Waals surface area contributed by atoms with Crippen LogP contribution in [0.15, 0.2) is 18.2 Å². The number of ether oxygens (including phenoxy) is 1. The van der Waals surface area contributed by atoms with Crippen LogP contribution in [-0.2, 0) is 0 Å². The first kappa shape index (κ1) is 9.89. The summed E-state index contributed by atoms with van der Waals surface area (Å²) < 4.78 is 41.6. The summed E-state index contributed by atoms with van der Waals surface area (Å²) in [6.07, 6.45) is -3.35. The second-order valence-electron chi connectivity index (χ2n) is 2.84. The molecule has 0 aromatic heterocycles. The van der Waals surface area contributed by atoms with Crippen molar-refractivity contribution in [3.8, 4) is 5.75 Å². The van der Waals surface area contributed by atoms with Gasteiger partial charge in [0.15, 0.2) is 11.6 Å². The van der Waals surface area contributed by atoms with E-state index in [1.807, 2.05) is 0 Å². The summed E-state index contributed by atoms with van der Waals surface area (Å²) in [5, 5.41) is 0. The third-order valence-electron chi connectivity index (χ3n) is 1.38. The van der Waals surface area contributed by atoms with Crippen LogP contribution in [0.5, 0.6) is 5.75 Å². The number of benzene rings is 1. The molecule has 0 aliphatic rings. The molecule has 0 heterocycles. The molecule has 13 heavy (non-hydrogen) atoms. The molecule has 1 rings (SSSR count). The zero-order valence-electron chi connectivity index (χ0n) is 7.27. The highest BCUT2D eigenvalue weighted by molar-refractivity contribution is 5.29. The largest absolute Gasteiger partial charge is 0.430 e. The first-order chi connectivity index (χ1) is 5.88. The Labute approximate surface area is 74.1 Å². The lowest BCUT2D eigenvalue weighted by Crippen LogP contribution is -2.19. The summed E-state index contributed by atoms with van der Waals surface area (Å²) in [7, 11) is 0. The molecule has 0 atom stereocenters. The minimum Gasteiger partial charge on any atom is -0.430 e. The summed E-state index contributed by atoms with van der Waals surface area (Å²) in [5.74, 6) is -1.21. The first-order valence-corrected chi connectivity index (χ1v) is 3.71. The monoisotopic (exact) mass is 190 g/mol. The Hall–Kier alpha value is -1.19. The highest BCUT2D eigenvalue weighted by Gasteiger charge is 2.24. The highest BCUT2D eigenvalue weighted by atomic mass is 19.3. The third kappa shape index (κ3) is 2.97. The molecule has 0 unspecified atom stereocenters. The van der Waals surface area contributed by atoms with Crippen molar-refractivity contribution in [2.45, 2.75) is 20.0 Å². The van der Waals surface area contributed by atoms with Crippen molar-refractivity contribution in [2.24, 2.45) is 0 Å². The fraction of sp³-hybridized carbons (Fsp3) is 0.333. The standard InChI is InChI=1S/C9H9F3O/c1-6-3-4-7(10)8(5-6)13-9(2,11)12/h3-5H,1-2H3. The smallest absolute Gasteiger partial charge is 0.395 e. The average Bonchev–Trinajstić information content (AvgIpc) is 1.94. The number of hydrogen-bond donors (Lipinski definition) is 0. The van der Waals surface area contributed by atoms with Crippen molar-refractivity contribution in [1.29, 1.82) is 0 Å². The second-order valence-corrected chi connectivity index (χ2v) is 2.84. The van der Waals surface area contributed by atoms with Crippen molar-refractivity contribution < 1.29 is 17.9 Å². The summed E-state index contributed by atoms with van der Waals surface area (Å²) in [6, 6.07) is 3.80. The molecular weight excluding hydrogens is 181 g/mol. The minimum absolute atomic E-state index is 0.424. The average molecular weight is 190 g/mol. The Balaban J connectivity index is 2.94. The fourth-order valence-corrected chi connectivity index (χ4v) is 0.882. The molecule has 0 fully saturated rings. The van der Waals surface area contributed by atoms with Crippen LogP contribution in [0, 0.1) is 12.7 Å². The Kier molecular flexibility index (Phi) is 2.50. The number of halogens is 3. The summed E-state index contributed by atoms with van der Waals surface area (Å²) in [5.41, 5.74) is 0.667.